The van der Waals surface area contributed by atoms with Gasteiger partial charge in [-0.3, -0.25) is 0 Å². The first-order valence-electron chi connectivity index (χ1n) is 6.23. The first-order chi connectivity index (χ1) is 9.06. The van der Waals surface area contributed by atoms with Gasteiger partial charge in [-0.25, -0.2) is 8.78 Å². The van der Waals surface area contributed by atoms with Crippen molar-refractivity contribution in [3.63, 3.8) is 0 Å². The molecule has 2 aromatic rings. The molecule has 1 atom stereocenters. The number of hydrogen-bond acceptors (Lipinski definition) is 3. The van der Waals surface area contributed by atoms with Gasteiger partial charge in [0.05, 0.1) is 0 Å². The lowest BCUT2D eigenvalue weighted by Crippen LogP contribution is -2.18. The van der Waals surface area contributed by atoms with Gasteiger partial charge in [0, 0.05) is 30.3 Å². The molecule has 0 bridgehead atoms. The maximum atomic E-state index is 13.4. The smallest absolute Gasteiger partial charge is 0.166 e. The van der Waals surface area contributed by atoms with Crippen LogP contribution in [0.4, 0.5) is 14.5 Å². The van der Waals surface area contributed by atoms with Crippen LogP contribution in [0.3, 0.4) is 0 Å². The summed E-state index contributed by atoms with van der Waals surface area (Å²) in [5.74, 6) is 0.0713. The fourth-order valence-corrected chi connectivity index (χ4v) is 2.44. The van der Waals surface area contributed by atoms with E-state index in [4.69, 9.17) is 5.73 Å². The van der Waals surface area contributed by atoms with E-state index in [0.29, 0.717) is 17.3 Å². The number of nitrogens with two attached hydrogens (primary N) is 1. The van der Waals surface area contributed by atoms with Crippen LogP contribution in [0.1, 0.15) is 19.2 Å². The first kappa shape index (κ1) is 12.1. The van der Waals surface area contributed by atoms with E-state index in [0.717, 1.165) is 37.3 Å². The largest absolute Gasteiger partial charge is 0.398 e. The summed E-state index contributed by atoms with van der Waals surface area (Å²) < 4.78 is 28.4. The van der Waals surface area contributed by atoms with Crippen LogP contribution in [0, 0.1) is 17.6 Å². The van der Waals surface area contributed by atoms with Crippen LogP contribution in [0.2, 0.25) is 0 Å². The summed E-state index contributed by atoms with van der Waals surface area (Å²) in [7, 11) is 0. The normalized spacial score (nSPS) is 18.4. The number of aromatic nitrogens is 3. The highest BCUT2D eigenvalue weighted by Gasteiger charge is 2.22. The zero-order valence-corrected chi connectivity index (χ0v) is 10.5. The van der Waals surface area contributed by atoms with Crippen molar-refractivity contribution < 1.29 is 8.78 Å². The summed E-state index contributed by atoms with van der Waals surface area (Å²) >= 11 is 0. The highest BCUT2D eigenvalue weighted by molar-refractivity contribution is 5.71. The van der Waals surface area contributed by atoms with E-state index >= 15 is 0 Å². The third-order valence-corrected chi connectivity index (χ3v) is 3.54. The molecular weight excluding hydrogens is 250 g/mol. The second-order valence-electron chi connectivity index (χ2n) is 5.04. The zero-order chi connectivity index (χ0) is 13.6. The number of nitrogens with zero attached hydrogens (tertiary/aromatic N) is 3. The van der Waals surface area contributed by atoms with E-state index < -0.39 is 11.6 Å². The van der Waals surface area contributed by atoms with Gasteiger partial charge in [0.15, 0.2) is 17.5 Å². The third kappa shape index (κ3) is 1.97. The van der Waals surface area contributed by atoms with Crippen molar-refractivity contribution in [2.45, 2.75) is 26.3 Å². The number of nitrogen functional groups attached to an aromatic ring is 1. The Morgan fingerprint density at radius 2 is 2.00 bits per heavy atom. The molecule has 1 aromatic carbocycles. The molecule has 2 heterocycles. The molecule has 6 heteroatoms. The van der Waals surface area contributed by atoms with Crippen LogP contribution in [0.15, 0.2) is 12.1 Å². The van der Waals surface area contributed by atoms with Crippen molar-refractivity contribution in [2.75, 3.05) is 5.73 Å². The maximum Gasteiger partial charge on any atom is 0.166 e. The second-order valence-corrected chi connectivity index (χ2v) is 5.04. The van der Waals surface area contributed by atoms with E-state index in [9.17, 15) is 8.78 Å². The molecule has 1 aromatic heterocycles. The molecule has 3 rings (SSSR count). The standard InChI is InChI=1S/C13H14F2N4/c1-7-2-3-19-12(4-7)17-18-13(19)8-5-9(14)10(15)6-11(8)16/h5-7H,2-4,16H2,1H3. The summed E-state index contributed by atoms with van der Waals surface area (Å²) in [4.78, 5) is 0. The monoisotopic (exact) mass is 264 g/mol. The molecular formula is C13H14F2N4. The lowest BCUT2D eigenvalue weighted by Gasteiger charge is -2.20. The number of rotatable bonds is 1. The number of halogens is 2. The van der Waals surface area contributed by atoms with Crippen LogP contribution in [-0.2, 0) is 13.0 Å². The van der Waals surface area contributed by atoms with Crippen LogP contribution >= 0.6 is 0 Å². The van der Waals surface area contributed by atoms with Crippen LogP contribution in [-0.4, -0.2) is 14.8 Å². The minimum atomic E-state index is -0.951. The Labute approximate surface area is 109 Å². The molecule has 4 nitrogen and oxygen atoms in total. The Bertz CT molecular complexity index is 636. The summed E-state index contributed by atoms with van der Waals surface area (Å²) in [5.41, 5.74) is 6.32. The number of benzene rings is 1. The lowest BCUT2D eigenvalue weighted by atomic mass is 10.00. The molecule has 100 valence electrons. The minimum absolute atomic E-state index is 0.174. The van der Waals surface area contributed by atoms with E-state index in [1.165, 1.54) is 0 Å². The summed E-state index contributed by atoms with van der Waals surface area (Å²) in [6, 6.07) is 2.07. The number of fused-ring (bicyclic) bond motifs is 1. The average Bonchev–Trinajstić information content (AvgIpc) is 2.76. The van der Waals surface area contributed by atoms with E-state index in [1.807, 2.05) is 4.57 Å². The summed E-state index contributed by atoms with van der Waals surface area (Å²) in [6.07, 6.45) is 1.86. The Balaban J connectivity index is 2.11. The van der Waals surface area contributed by atoms with Gasteiger partial charge in [0.25, 0.3) is 0 Å². The number of hydrogen-bond donors (Lipinski definition) is 1. The topological polar surface area (TPSA) is 56.7 Å². The molecule has 1 aliphatic heterocycles. The van der Waals surface area contributed by atoms with E-state index in [2.05, 4.69) is 17.1 Å². The Kier molecular flexibility index (Phi) is 2.73. The quantitative estimate of drug-likeness (QED) is 0.804. The predicted octanol–water partition coefficient (Wildman–Crippen LogP) is 2.39. The van der Waals surface area contributed by atoms with Gasteiger partial charge < -0.3 is 10.3 Å². The molecule has 0 radical (unpaired) electrons. The molecule has 0 amide bonds. The highest BCUT2D eigenvalue weighted by Crippen LogP contribution is 2.30. The van der Waals surface area contributed by atoms with Crippen molar-refractivity contribution in [3.8, 4) is 11.4 Å². The van der Waals surface area contributed by atoms with Crippen LogP contribution < -0.4 is 5.73 Å². The van der Waals surface area contributed by atoms with Crippen molar-refractivity contribution in [1.82, 2.24) is 14.8 Å². The molecule has 0 saturated carbocycles. The molecule has 0 spiro atoms. The van der Waals surface area contributed by atoms with Gasteiger partial charge in [0.1, 0.15) is 5.82 Å². The van der Waals surface area contributed by atoms with Gasteiger partial charge in [-0.05, 0) is 18.4 Å². The fourth-order valence-electron chi connectivity index (χ4n) is 2.44. The average molecular weight is 264 g/mol. The molecule has 2 N–H and O–H groups in total. The van der Waals surface area contributed by atoms with Gasteiger partial charge >= 0.3 is 0 Å². The Morgan fingerprint density at radius 3 is 2.79 bits per heavy atom. The van der Waals surface area contributed by atoms with E-state index in [1.54, 1.807) is 0 Å². The minimum Gasteiger partial charge on any atom is -0.398 e. The molecule has 0 aliphatic carbocycles. The molecule has 1 aliphatic rings. The lowest BCUT2D eigenvalue weighted by molar-refractivity contribution is 0.411. The molecule has 0 saturated heterocycles. The van der Waals surface area contributed by atoms with Gasteiger partial charge in [-0.2, -0.15) is 0 Å². The van der Waals surface area contributed by atoms with Crippen LogP contribution in [0.5, 0.6) is 0 Å². The number of anilines is 1. The van der Waals surface area contributed by atoms with Crippen LogP contribution in [0.25, 0.3) is 11.4 Å². The Hall–Kier alpha value is -1.98. The molecule has 1 unspecified atom stereocenters. The second kappa shape index (κ2) is 4.29. The summed E-state index contributed by atoms with van der Waals surface area (Å²) in [6.45, 7) is 2.93. The fraction of sp³-hybridized carbons (Fsp3) is 0.385. The maximum absolute atomic E-state index is 13.4. The molecule has 19 heavy (non-hydrogen) atoms. The Morgan fingerprint density at radius 1 is 1.26 bits per heavy atom. The van der Waals surface area contributed by atoms with Gasteiger partial charge in [-0.1, -0.05) is 6.92 Å². The first-order valence-corrected chi connectivity index (χ1v) is 6.23. The SMILES string of the molecule is CC1CCn2c(nnc2-c2cc(F)c(F)cc2N)C1. The van der Waals surface area contributed by atoms with E-state index in [-0.39, 0.29) is 5.69 Å². The van der Waals surface area contributed by atoms with Crippen molar-refractivity contribution in [3.05, 3.63) is 29.6 Å². The van der Waals surface area contributed by atoms with Crippen molar-refractivity contribution >= 4 is 5.69 Å². The highest BCUT2D eigenvalue weighted by atomic mass is 19.2. The van der Waals surface area contributed by atoms with Gasteiger partial charge in [-0.15, -0.1) is 10.2 Å². The third-order valence-electron chi connectivity index (χ3n) is 3.54. The van der Waals surface area contributed by atoms with Crippen molar-refractivity contribution in [1.29, 1.82) is 0 Å². The zero-order valence-electron chi connectivity index (χ0n) is 10.5. The molecule has 0 fully saturated rings. The van der Waals surface area contributed by atoms with Gasteiger partial charge in [0.2, 0.25) is 0 Å². The summed E-state index contributed by atoms with van der Waals surface area (Å²) in [5, 5.41) is 8.20. The predicted molar refractivity (Wildman–Crippen MR) is 67.3 cm³/mol. The van der Waals surface area contributed by atoms with Crippen molar-refractivity contribution in [2.24, 2.45) is 5.92 Å².